The Bertz CT molecular complexity index is 1250. The number of fused-ring (bicyclic) bond motifs is 1. The number of nitrogens with zero attached hydrogens (tertiary/aromatic N) is 1. The molecule has 0 saturated carbocycles. The van der Waals surface area contributed by atoms with Crippen molar-refractivity contribution in [2.45, 2.75) is 45.2 Å². The smallest absolute Gasteiger partial charge is 0.302 e. The third-order valence-corrected chi connectivity index (χ3v) is 7.97. The Hall–Kier alpha value is -2.56. The average Bonchev–Trinajstić information content (AvgIpc) is 3.01. The van der Waals surface area contributed by atoms with Crippen molar-refractivity contribution in [3.05, 3.63) is 105 Å². The average molecular weight is 510 g/mol. The highest BCUT2D eigenvalue weighted by Gasteiger charge is 2.32. The summed E-state index contributed by atoms with van der Waals surface area (Å²) in [6.07, 6.45) is -0.768. The van der Waals surface area contributed by atoms with Gasteiger partial charge < -0.3 is 4.90 Å². The van der Waals surface area contributed by atoms with Crippen molar-refractivity contribution in [2.24, 2.45) is 5.92 Å². The van der Waals surface area contributed by atoms with E-state index in [1.807, 2.05) is 17.0 Å². The van der Waals surface area contributed by atoms with Crippen LogP contribution in [-0.2, 0) is 12.8 Å². The summed E-state index contributed by atoms with van der Waals surface area (Å²) in [5.41, 5.74) is 10.0. The van der Waals surface area contributed by atoms with Crippen LogP contribution < -0.4 is 0 Å². The summed E-state index contributed by atoms with van der Waals surface area (Å²) in [6, 6.07) is 23.7. The van der Waals surface area contributed by atoms with E-state index < -0.39 is 12.6 Å². The second-order valence-corrected chi connectivity index (χ2v) is 10.6. The second kappa shape index (κ2) is 10.4. The Kier molecular flexibility index (Phi) is 7.28. The summed E-state index contributed by atoms with van der Waals surface area (Å²) >= 11 is 6.53. The molecule has 0 amide bonds. The molecule has 2 aliphatic rings. The van der Waals surface area contributed by atoms with Gasteiger partial charge in [0.05, 0.1) is 6.42 Å². The van der Waals surface area contributed by atoms with E-state index in [4.69, 9.17) is 11.6 Å². The fourth-order valence-electron chi connectivity index (χ4n) is 5.67. The largest absolute Gasteiger partial charge is 0.390 e. The minimum atomic E-state index is -4.07. The number of hydrogen-bond acceptors (Lipinski definition) is 1. The molecule has 0 spiro atoms. The van der Waals surface area contributed by atoms with Crippen LogP contribution in [0, 0.1) is 12.8 Å². The standard InChI is InChI=1S/C31H31ClF3N/c1-21-26(9-5-11-29(21)32)28-10-4-7-24-6-2-3-8-27(24)30(28)25-14-12-22(13-15-25)18-23-19-36(20-23)17-16-31(33,34)35/h2-3,5-6,8-9,11-15,23H,4,7,10,16-20H2,1H3. The lowest BCUT2D eigenvalue weighted by Gasteiger charge is -2.39. The van der Waals surface area contributed by atoms with Gasteiger partial charge in [-0.25, -0.2) is 0 Å². The Labute approximate surface area is 216 Å². The highest BCUT2D eigenvalue weighted by Crippen LogP contribution is 2.41. The van der Waals surface area contributed by atoms with Crippen molar-refractivity contribution in [3.63, 3.8) is 0 Å². The van der Waals surface area contributed by atoms with Crippen molar-refractivity contribution >= 4 is 22.7 Å². The van der Waals surface area contributed by atoms with Crippen LogP contribution in [0.4, 0.5) is 13.2 Å². The summed E-state index contributed by atoms with van der Waals surface area (Å²) in [6.45, 7) is 3.69. The highest BCUT2D eigenvalue weighted by atomic mass is 35.5. The second-order valence-electron chi connectivity index (χ2n) is 10.2. The predicted octanol–water partition coefficient (Wildman–Crippen LogP) is 8.37. The Morgan fingerprint density at radius 3 is 2.36 bits per heavy atom. The van der Waals surface area contributed by atoms with E-state index in [-0.39, 0.29) is 6.54 Å². The molecule has 5 rings (SSSR count). The van der Waals surface area contributed by atoms with Crippen LogP contribution in [0.25, 0.3) is 11.1 Å². The van der Waals surface area contributed by atoms with Gasteiger partial charge in [0.1, 0.15) is 0 Å². The maximum Gasteiger partial charge on any atom is 0.390 e. The molecule has 1 heterocycles. The highest BCUT2D eigenvalue weighted by molar-refractivity contribution is 6.31. The molecule has 3 aromatic rings. The molecule has 1 saturated heterocycles. The third kappa shape index (κ3) is 5.55. The van der Waals surface area contributed by atoms with Crippen LogP contribution in [0.5, 0.6) is 0 Å². The molecular formula is C31H31ClF3N. The van der Waals surface area contributed by atoms with Gasteiger partial charge in [0.25, 0.3) is 0 Å². The SMILES string of the molecule is Cc1c(Cl)cccc1C1=C(c2ccc(CC3CN(CCC(F)(F)F)C3)cc2)c2ccccc2CCC1. The maximum absolute atomic E-state index is 12.5. The number of rotatable bonds is 6. The van der Waals surface area contributed by atoms with Crippen LogP contribution in [0.3, 0.4) is 0 Å². The van der Waals surface area contributed by atoms with Crippen LogP contribution in [0.15, 0.2) is 66.7 Å². The van der Waals surface area contributed by atoms with Gasteiger partial charge >= 0.3 is 6.18 Å². The van der Waals surface area contributed by atoms with Crippen LogP contribution >= 0.6 is 11.6 Å². The van der Waals surface area contributed by atoms with E-state index in [0.717, 1.165) is 49.4 Å². The molecule has 1 fully saturated rings. The summed E-state index contributed by atoms with van der Waals surface area (Å²) in [7, 11) is 0. The van der Waals surface area contributed by atoms with Crippen molar-refractivity contribution in [3.8, 4) is 0 Å². The normalized spacial score (nSPS) is 17.0. The molecule has 1 aliphatic heterocycles. The third-order valence-electron chi connectivity index (χ3n) is 7.57. The maximum atomic E-state index is 12.5. The van der Waals surface area contributed by atoms with Crippen molar-refractivity contribution < 1.29 is 13.2 Å². The Balaban J connectivity index is 1.41. The van der Waals surface area contributed by atoms with Gasteiger partial charge in [0.15, 0.2) is 0 Å². The number of aryl methyl sites for hydroxylation is 1. The first-order valence-corrected chi connectivity index (χ1v) is 13.1. The number of benzene rings is 3. The fourth-order valence-corrected chi connectivity index (χ4v) is 5.85. The van der Waals surface area contributed by atoms with Gasteiger partial charge in [0, 0.05) is 24.7 Å². The molecule has 0 atom stereocenters. The summed E-state index contributed by atoms with van der Waals surface area (Å²) in [5, 5.41) is 0.789. The van der Waals surface area contributed by atoms with E-state index >= 15 is 0 Å². The molecule has 0 aromatic heterocycles. The number of hydrogen-bond donors (Lipinski definition) is 0. The zero-order valence-corrected chi connectivity index (χ0v) is 21.3. The Morgan fingerprint density at radius 2 is 1.61 bits per heavy atom. The summed E-state index contributed by atoms with van der Waals surface area (Å²) in [5.74, 6) is 0.423. The van der Waals surface area contributed by atoms with Gasteiger partial charge in [-0.2, -0.15) is 13.2 Å². The van der Waals surface area contributed by atoms with Crippen LogP contribution in [0.2, 0.25) is 5.02 Å². The zero-order valence-electron chi connectivity index (χ0n) is 20.5. The molecule has 3 aromatic carbocycles. The molecule has 5 heteroatoms. The van der Waals surface area contributed by atoms with E-state index in [1.165, 1.54) is 39.0 Å². The first kappa shape index (κ1) is 25.1. The summed E-state index contributed by atoms with van der Waals surface area (Å²) in [4.78, 5) is 1.90. The lowest BCUT2D eigenvalue weighted by Crippen LogP contribution is -2.48. The number of allylic oxidation sites excluding steroid dienone is 1. The van der Waals surface area contributed by atoms with E-state index in [1.54, 1.807) is 0 Å². The lowest BCUT2D eigenvalue weighted by atomic mass is 9.85. The lowest BCUT2D eigenvalue weighted by molar-refractivity contribution is -0.141. The van der Waals surface area contributed by atoms with Crippen LogP contribution in [0.1, 0.15) is 52.6 Å². The molecule has 0 bridgehead atoms. The predicted molar refractivity (Wildman–Crippen MR) is 142 cm³/mol. The van der Waals surface area contributed by atoms with E-state index in [9.17, 15) is 13.2 Å². The number of halogens is 4. The van der Waals surface area contributed by atoms with Crippen molar-refractivity contribution in [1.82, 2.24) is 4.90 Å². The Morgan fingerprint density at radius 1 is 0.889 bits per heavy atom. The quantitative estimate of drug-likeness (QED) is 0.322. The van der Waals surface area contributed by atoms with Gasteiger partial charge in [-0.05, 0) is 89.1 Å². The topological polar surface area (TPSA) is 3.24 Å². The first-order valence-electron chi connectivity index (χ1n) is 12.7. The van der Waals surface area contributed by atoms with E-state index in [2.05, 4.69) is 61.5 Å². The monoisotopic (exact) mass is 509 g/mol. The molecular weight excluding hydrogens is 479 g/mol. The molecule has 1 nitrogen and oxygen atoms in total. The van der Waals surface area contributed by atoms with E-state index in [0.29, 0.717) is 5.92 Å². The minimum absolute atomic E-state index is 0.109. The summed E-state index contributed by atoms with van der Waals surface area (Å²) < 4.78 is 37.4. The molecule has 0 radical (unpaired) electrons. The van der Waals surface area contributed by atoms with Crippen molar-refractivity contribution in [2.75, 3.05) is 19.6 Å². The van der Waals surface area contributed by atoms with Gasteiger partial charge in [-0.1, -0.05) is 72.3 Å². The van der Waals surface area contributed by atoms with Gasteiger partial charge in [-0.15, -0.1) is 0 Å². The molecule has 0 N–H and O–H groups in total. The number of alkyl halides is 3. The molecule has 36 heavy (non-hydrogen) atoms. The fraction of sp³-hybridized carbons (Fsp3) is 0.355. The zero-order chi connectivity index (χ0) is 25.3. The number of likely N-dealkylation sites (tertiary alicyclic amines) is 1. The van der Waals surface area contributed by atoms with Crippen molar-refractivity contribution in [1.29, 1.82) is 0 Å². The first-order chi connectivity index (χ1) is 17.3. The van der Waals surface area contributed by atoms with Gasteiger partial charge in [-0.3, -0.25) is 0 Å². The minimum Gasteiger partial charge on any atom is -0.302 e. The molecule has 0 unspecified atom stereocenters. The molecule has 1 aliphatic carbocycles. The van der Waals surface area contributed by atoms with Gasteiger partial charge in [0.2, 0.25) is 0 Å². The molecule has 188 valence electrons. The van der Waals surface area contributed by atoms with Crippen LogP contribution in [-0.4, -0.2) is 30.7 Å².